The van der Waals surface area contributed by atoms with Gasteiger partial charge in [0.1, 0.15) is 11.6 Å². The average Bonchev–Trinajstić information content (AvgIpc) is 3.06. The Morgan fingerprint density at radius 2 is 1.58 bits per heavy atom. The minimum atomic E-state index is -0.358. The molecule has 0 aliphatic rings. The van der Waals surface area contributed by atoms with Crippen LogP contribution < -0.4 is 0 Å². The minimum absolute atomic E-state index is 0.146. The predicted octanol–water partition coefficient (Wildman–Crippen LogP) is 4.60. The van der Waals surface area contributed by atoms with Crippen molar-refractivity contribution in [3.63, 3.8) is 0 Å². The Hall–Kier alpha value is -3.27. The molecule has 3 nitrogen and oxygen atoms in total. The van der Waals surface area contributed by atoms with E-state index in [9.17, 15) is 9.18 Å². The molecule has 0 aliphatic heterocycles. The fourth-order valence-electron chi connectivity index (χ4n) is 2.65. The molecule has 0 saturated carbocycles. The molecular weight excluding hydrogens is 303 g/mol. The van der Waals surface area contributed by atoms with Crippen molar-refractivity contribution in [2.24, 2.45) is 0 Å². The number of nitrogens with zero attached hydrogens (tertiary/aromatic N) is 1. The first-order chi connectivity index (χ1) is 11.7. The molecule has 4 aromatic rings. The highest BCUT2D eigenvalue weighted by atomic mass is 19.1. The number of carbonyl (C=O) groups excluding carboxylic acids is 1. The molecule has 0 spiro atoms. The maximum atomic E-state index is 13.0. The lowest BCUT2D eigenvalue weighted by Crippen LogP contribution is -2.01. The molecular formula is C20H13FN2O. The average molecular weight is 316 g/mol. The van der Waals surface area contributed by atoms with E-state index in [-0.39, 0.29) is 11.6 Å². The number of ketones is 1. The van der Waals surface area contributed by atoms with Crippen LogP contribution in [0, 0.1) is 5.82 Å². The van der Waals surface area contributed by atoms with E-state index in [2.05, 4.69) is 9.97 Å². The predicted molar refractivity (Wildman–Crippen MR) is 91.4 cm³/mol. The van der Waals surface area contributed by atoms with Crippen LogP contribution >= 0.6 is 0 Å². The van der Waals surface area contributed by atoms with Gasteiger partial charge in [-0.25, -0.2) is 9.37 Å². The van der Waals surface area contributed by atoms with Crippen molar-refractivity contribution in [2.75, 3.05) is 0 Å². The molecule has 0 atom stereocenters. The Balaban J connectivity index is 1.73. The highest BCUT2D eigenvalue weighted by Crippen LogP contribution is 2.22. The maximum Gasteiger partial charge on any atom is 0.193 e. The number of fused-ring (bicyclic) bond motifs is 1. The van der Waals surface area contributed by atoms with Gasteiger partial charge in [-0.1, -0.05) is 30.3 Å². The first kappa shape index (κ1) is 14.3. The van der Waals surface area contributed by atoms with Crippen LogP contribution in [0.25, 0.3) is 22.4 Å². The van der Waals surface area contributed by atoms with E-state index in [4.69, 9.17) is 0 Å². The molecule has 24 heavy (non-hydrogen) atoms. The third-order valence-corrected chi connectivity index (χ3v) is 3.90. The van der Waals surface area contributed by atoms with Gasteiger partial charge in [-0.15, -0.1) is 0 Å². The fourth-order valence-corrected chi connectivity index (χ4v) is 2.65. The number of nitrogens with one attached hydrogen (secondary N) is 1. The lowest BCUT2D eigenvalue weighted by atomic mass is 10.0. The van der Waals surface area contributed by atoms with E-state index in [0.29, 0.717) is 11.1 Å². The second-order valence-corrected chi connectivity index (χ2v) is 5.52. The number of hydrogen-bond donors (Lipinski definition) is 1. The zero-order valence-corrected chi connectivity index (χ0v) is 12.7. The summed E-state index contributed by atoms with van der Waals surface area (Å²) in [7, 11) is 0. The second kappa shape index (κ2) is 5.74. The fraction of sp³-hybridized carbons (Fsp3) is 0. The van der Waals surface area contributed by atoms with Gasteiger partial charge in [0, 0.05) is 16.7 Å². The molecule has 4 heteroatoms. The van der Waals surface area contributed by atoms with Crippen LogP contribution in [0.4, 0.5) is 4.39 Å². The summed E-state index contributed by atoms with van der Waals surface area (Å²) < 4.78 is 13.0. The van der Waals surface area contributed by atoms with Gasteiger partial charge in [0.15, 0.2) is 5.78 Å². The Morgan fingerprint density at radius 3 is 2.33 bits per heavy atom. The van der Waals surface area contributed by atoms with Crippen molar-refractivity contribution in [2.45, 2.75) is 0 Å². The molecule has 0 saturated heterocycles. The molecule has 0 aliphatic carbocycles. The quantitative estimate of drug-likeness (QED) is 0.561. The number of aromatic amines is 1. The van der Waals surface area contributed by atoms with E-state index in [1.165, 1.54) is 24.3 Å². The van der Waals surface area contributed by atoms with Crippen LogP contribution in [0.2, 0.25) is 0 Å². The Morgan fingerprint density at radius 1 is 0.875 bits per heavy atom. The van der Waals surface area contributed by atoms with Gasteiger partial charge < -0.3 is 4.98 Å². The summed E-state index contributed by atoms with van der Waals surface area (Å²) in [6.07, 6.45) is 0. The number of imidazole rings is 1. The summed E-state index contributed by atoms with van der Waals surface area (Å²) in [5, 5.41) is 0. The summed E-state index contributed by atoms with van der Waals surface area (Å²) in [4.78, 5) is 20.3. The van der Waals surface area contributed by atoms with Gasteiger partial charge in [0.05, 0.1) is 11.0 Å². The van der Waals surface area contributed by atoms with Crippen molar-refractivity contribution in [1.82, 2.24) is 9.97 Å². The molecule has 1 aromatic heterocycles. The number of benzene rings is 3. The van der Waals surface area contributed by atoms with Crippen LogP contribution in [-0.4, -0.2) is 15.8 Å². The SMILES string of the molecule is O=C(c1ccc(F)cc1)c1ccc2nc(-c3ccccc3)[nH]c2c1. The highest BCUT2D eigenvalue weighted by Gasteiger charge is 2.12. The van der Waals surface area contributed by atoms with Gasteiger partial charge in [-0.2, -0.15) is 0 Å². The summed E-state index contributed by atoms with van der Waals surface area (Å²) in [5.41, 5.74) is 3.57. The number of H-pyrrole nitrogens is 1. The van der Waals surface area contributed by atoms with Crippen LogP contribution in [0.15, 0.2) is 72.8 Å². The molecule has 1 heterocycles. The third kappa shape index (κ3) is 2.58. The van der Waals surface area contributed by atoms with Gasteiger partial charge in [0.25, 0.3) is 0 Å². The van der Waals surface area contributed by atoms with Crippen molar-refractivity contribution in [3.8, 4) is 11.4 Å². The first-order valence-corrected chi connectivity index (χ1v) is 7.56. The Bertz CT molecular complexity index is 1020. The van der Waals surface area contributed by atoms with Crippen molar-refractivity contribution >= 4 is 16.8 Å². The van der Waals surface area contributed by atoms with Gasteiger partial charge >= 0.3 is 0 Å². The van der Waals surface area contributed by atoms with E-state index in [1.807, 2.05) is 36.4 Å². The Labute approximate surface area is 137 Å². The van der Waals surface area contributed by atoms with Gasteiger partial charge in [0.2, 0.25) is 0 Å². The molecule has 3 aromatic carbocycles. The number of rotatable bonds is 3. The standard InChI is InChI=1S/C20H13FN2O/c21-16-9-6-13(7-10-16)19(24)15-8-11-17-18(12-15)23-20(22-17)14-4-2-1-3-5-14/h1-12H,(H,22,23). The van der Waals surface area contributed by atoms with Crippen molar-refractivity contribution in [3.05, 3.63) is 89.7 Å². The molecule has 4 rings (SSSR count). The van der Waals surface area contributed by atoms with E-state index < -0.39 is 0 Å². The van der Waals surface area contributed by atoms with Crippen molar-refractivity contribution < 1.29 is 9.18 Å². The monoisotopic (exact) mass is 316 g/mol. The van der Waals surface area contributed by atoms with Crippen molar-refractivity contribution in [1.29, 1.82) is 0 Å². The molecule has 0 bridgehead atoms. The van der Waals surface area contributed by atoms with Crippen LogP contribution in [0.5, 0.6) is 0 Å². The maximum absolute atomic E-state index is 13.0. The minimum Gasteiger partial charge on any atom is -0.338 e. The lowest BCUT2D eigenvalue weighted by Gasteiger charge is -2.01. The van der Waals surface area contributed by atoms with E-state index in [1.54, 1.807) is 12.1 Å². The summed E-state index contributed by atoms with van der Waals surface area (Å²) in [6, 6.07) is 20.7. The number of aromatic nitrogens is 2. The number of carbonyl (C=O) groups is 1. The molecule has 116 valence electrons. The van der Waals surface area contributed by atoms with Crippen LogP contribution in [0.3, 0.4) is 0 Å². The van der Waals surface area contributed by atoms with Crippen LogP contribution in [0.1, 0.15) is 15.9 Å². The second-order valence-electron chi connectivity index (χ2n) is 5.52. The van der Waals surface area contributed by atoms with Crippen LogP contribution in [-0.2, 0) is 0 Å². The molecule has 0 unspecified atom stereocenters. The lowest BCUT2D eigenvalue weighted by molar-refractivity contribution is 0.103. The smallest absolute Gasteiger partial charge is 0.193 e. The zero-order chi connectivity index (χ0) is 16.5. The van der Waals surface area contributed by atoms with E-state index >= 15 is 0 Å². The molecule has 1 N–H and O–H groups in total. The van der Waals surface area contributed by atoms with Gasteiger partial charge in [-0.3, -0.25) is 4.79 Å². The number of halogens is 1. The molecule has 0 amide bonds. The summed E-state index contributed by atoms with van der Waals surface area (Å²) in [6.45, 7) is 0. The zero-order valence-electron chi connectivity index (χ0n) is 12.7. The normalized spacial score (nSPS) is 10.9. The molecule has 0 radical (unpaired) electrons. The first-order valence-electron chi connectivity index (χ1n) is 7.56. The van der Waals surface area contributed by atoms with E-state index in [0.717, 1.165) is 22.4 Å². The van der Waals surface area contributed by atoms with Gasteiger partial charge in [-0.05, 0) is 42.5 Å². The topological polar surface area (TPSA) is 45.8 Å². The third-order valence-electron chi connectivity index (χ3n) is 3.90. The largest absolute Gasteiger partial charge is 0.338 e. The summed E-state index contributed by atoms with van der Waals surface area (Å²) in [5.74, 6) is 0.257. The molecule has 0 fully saturated rings. The summed E-state index contributed by atoms with van der Waals surface area (Å²) >= 11 is 0. The Kier molecular flexibility index (Phi) is 3.43. The highest BCUT2D eigenvalue weighted by molar-refractivity contribution is 6.10. The number of hydrogen-bond acceptors (Lipinski definition) is 2.